The minimum atomic E-state index is -0.242. The van der Waals surface area contributed by atoms with Gasteiger partial charge in [-0.15, -0.1) is 11.6 Å². The predicted octanol–water partition coefficient (Wildman–Crippen LogP) is 3.18. The Morgan fingerprint density at radius 2 is 2.24 bits per heavy atom. The van der Waals surface area contributed by atoms with Crippen molar-refractivity contribution in [2.75, 3.05) is 6.54 Å². The molecule has 0 radical (unpaired) electrons. The number of hydrogen-bond donors (Lipinski definition) is 2. The van der Waals surface area contributed by atoms with Crippen molar-refractivity contribution in [2.45, 2.75) is 25.1 Å². The Bertz CT molecular complexity index is 396. The molecule has 2 N–H and O–H groups in total. The van der Waals surface area contributed by atoms with Crippen molar-refractivity contribution < 1.29 is 9.90 Å². The van der Waals surface area contributed by atoms with E-state index in [2.05, 4.69) is 5.32 Å². The lowest BCUT2D eigenvalue weighted by Crippen LogP contribution is -2.29. The lowest BCUT2D eigenvalue weighted by molar-refractivity contribution is 0.0953. The van der Waals surface area contributed by atoms with E-state index in [1.165, 1.54) is 18.2 Å². The Balaban J connectivity index is 2.55. The molecule has 0 fully saturated rings. The van der Waals surface area contributed by atoms with Crippen LogP contribution in [0.15, 0.2) is 18.2 Å². The first-order valence-corrected chi connectivity index (χ1v) is 6.26. The molecule has 1 aromatic rings. The molecule has 5 heteroatoms. The van der Waals surface area contributed by atoms with Crippen LogP contribution in [0.5, 0.6) is 5.75 Å². The third-order valence-electron chi connectivity index (χ3n) is 2.30. The van der Waals surface area contributed by atoms with Gasteiger partial charge in [-0.1, -0.05) is 24.9 Å². The zero-order chi connectivity index (χ0) is 12.8. The van der Waals surface area contributed by atoms with Gasteiger partial charge in [0, 0.05) is 12.1 Å². The number of rotatable bonds is 5. The molecule has 1 atom stereocenters. The van der Waals surface area contributed by atoms with E-state index in [0.717, 1.165) is 12.8 Å². The van der Waals surface area contributed by atoms with Gasteiger partial charge in [-0.25, -0.2) is 0 Å². The maximum absolute atomic E-state index is 11.7. The lowest BCUT2D eigenvalue weighted by Gasteiger charge is -2.10. The molecule has 0 saturated carbocycles. The van der Waals surface area contributed by atoms with Gasteiger partial charge < -0.3 is 10.4 Å². The van der Waals surface area contributed by atoms with Gasteiger partial charge in [0.1, 0.15) is 5.75 Å². The molecular weight excluding hydrogens is 261 g/mol. The predicted molar refractivity (Wildman–Crippen MR) is 70.0 cm³/mol. The summed E-state index contributed by atoms with van der Waals surface area (Å²) in [6, 6.07) is 4.33. The molecule has 0 aliphatic heterocycles. The van der Waals surface area contributed by atoms with Crippen LogP contribution in [0.3, 0.4) is 0 Å². The molecule has 1 rings (SSSR count). The van der Waals surface area contributed by atoms with E-state index in [4.69, 9.17) is 23.2 Å². The fourth-order valence-corrected chi connectivity index (χ4v) is 1.84. The highest BCUT2D eigenvalue weighted by Crippen LogP contribution is 2.23. The quantitative estimate of drug-likeness (QED) is 0.811. The smallest absolute Gasteiger partial charge is 0.251 e. The average Bonchev–Trinajstić information content (AvgIpc) is 2.30. The minimum Gasteiger partial charge on any atom is -0.506 e. The second-order valence-electron chi connectivity index (χ2n) is 3.76. The topological polar surface area (TPSA) is 49.3 Å². The standard InChI is InChI=1S/C12H15Cl2NO2/c1-2-3-9(13)7-15-12(17)8-4-5-11(16)10(14)6-8/h4-6,9,16H,2-3,7H2,1H3,(H,15,17). The third-order valence-corrected chi connectivity index (χ3v) is 2.97. The number of benzene rings is 1. The fourth-order valence-electron chi connectivity index (χ4n) is 1.37. The summed E-state index contributed by atoms with van der Waals surface area (Å²) in [6.45, 7) is 2.46. The molecule has 0 aliphatic carbocycles. The van der Waals surface area contributed by atoms with E-state index >= 15 is 0 Å². The molecule has 3 nitrogen and oxygen atoms in total. The Hall–Kier alpha value is -0.930. The van der Waals surface area contributed by atoms with Crippen LogP contribution in [0.4, 0.5) is 0 Å². The normalized spacial score (nSPS) is 12.2. The number of phenols is 1. The molecule has 0 aromatic heterocycles. The van der Waals surface area contributed by atoms with Gasteiger partial charge in [0.2, 0.25) is 0 Å². The Kier molecular flexibility index (Phi) is 5.59. The average molecular weight is 276 g/mol. The van der Waals surface area contributed by atoms with Crippen LogP contribution in [0.1, 0.15) is 30.1 Å². The van der Waals surface area contributed by atoms with Crippen molar-refractivity contribution in [3.8, 4) is 5.75 Å². The number of halogens is 2. The molecule has 0 heterocycles. The highest BCUT2D eigenvalue weighted by molar-refractivity contribution is 6.32. The Morgan fingerprint density at radius 1 is 1.53 bits per heavy atom. The first-order chi connectivity index (χ1) is 8.04. The monoisotopic (exact) mass is 275 g/mol. The molecule has 1 aromatic carbocycles. The van der Waals surface area contributed by atoms with Crippen LogP contribution in [0.25, 0.3) is 0 Å². The van der Waals surface area contributed by atoms with Gasteiger partial charge in [-0.05, 0) is 24.6 Å². The van der Waals surface area contributed by atoms with Crippen LogP contribution in [-0.2, 0) is 0 Å². The molecule has 0 spiro atoms. The molecule has 1 unspecified atom stereocenters. The van der Waals surface area contributed by atoms with Crippen LogP contribution in [-0.4, -0.2) is 22.9 Å². The van der Waals surface area contributed by atoms with E-state index in [0.29, 0.717) is 12.1 Å². The van der Waals surface area contributed by atoms with Crippen molar-refractivity contribution in [1.82, 2.24) is 5.32 Å². The second-order valence-corrected chi connectivity index (χ2v) is 4.79. The first-order valence-electron chi connectivity index (χ1n) is 5.45. The minimum absolute atomic E-state index is 0.0376. The third kappa shape index (κ3) is 4.44. The highest BCUT2D eigenvalue weighted by Gasteiger charge is 2.10. The van der Waals surface area contributed by atoms with Gasteiger partial charge >= 0.3 is 0 Å². The van der Waals surface area contributed by atoms with E-state index in [1.807, 2.05) is 6.92 Å². The summed E-state index contributed by atoms with van der Waals surface area (Å²) in [5.41, 5.74) is 0.410. The van der Waals surface area contributed by atoms with Crippen molar-refractivity contribution in [1.29, 1.82) is 0 Å². The van der Waals surface area contributed by atoms with E-state index in [9.17, 15) is 9.90 Å². The van der Waals surface area contributed by atoms with Crippen molar-refractivity contribution in [3.63, 3.8) is 0 Å². The largest absolute Gasteiger partial charge is 0.506 e. The van der Waals surface area contributed by atoms with Crippen LogP contribution >= 0.6 is 23.2 Å². The summed E-state index contributed by atoms with van der Waals surface area (Å²) in [7, 11) is 0. The van der Waals surface area contributed by atoms with Crippen LogP contribution in [0, 0.1) is 0 Å². The summed E-state index contributed by atoms with van der Waals surface area (Å²) >= 11 is 11.7. The Labute approximate surface area is 111 Å². The molecular formula is C12H15Cl2NO2. The first kappa shape index (κ1) is 14.1. The van der Waals surface area contributed by atoms with Crippen molar-refractivity contribution >= 4 is 29.1 Å². The Morgan fingerprint density at radius 3 is 2.82 bits per heavy atom. The molecule has 17 heavy (non-hydrogen) atoms. The molecule has 0 saturated heterocycles. The van der Waals surface area contributed by atoms with Gasteiger partial charge in [0.15, 0.2) is 0 Å². The maximum Gasteiger partial charge on any atom is 0.251 e. The number of alkyl halides is 1. The summed E-state index contributed by atoms with van der Waals surface area (Å²) in [5, 5.41) is 12.0. The number of hydrogen-bond acceptors (Lipinski definition) is 2. The van der Waals surface area contributed by atoms with Crippen LogP contribution in [0.2, 0.25) is 5.02 Å². The zero-order valence-corrected chi connectivity index (χ0v) is 11.1. The molecule has 1 amide bonds. The maximum atomic E-state index is 11.7. The molecule has 0 aliphatic rings. The number of carbonyl (C=O) groups is 1. The number of amides is 1. The summed E-state index contributed by atoms with van der Waals surface area (Å²) in [6.07, 6.45) is 1.84. The molecule has 0 bridgehead atoms. The van der Waals surface area contributed by atoms with Gasteiger partial charge in [0.05, 0.1) is 10.4 Å². The van der Waals surface area contributed by atoms with Gasteiger partial charge in [-0.2, -0.15) is 0 Å². The van der Waals surface area contributed by atoms with E-state index in [1.54, 1.807) is 0 Å². The van der Waals surface area contributed by atoms with Gasteiger partial charge in [0.25, 0.3) is 5.91 Å². The molecule has 94 valence electrons. The van der Waals surface area contributed by atoms with E-state index in [-0.39, 0.29) is 22.1 Å². The second kappa shape index (κ2) is 6.72. The van der Waals surface area contributed by atoms with Crippen molar-refractivity contribution in [2.24, 2.45) is 0 Å². The number of aromatic hydroxyl groups is 1. The summed E-state index contributed by atoms with van der Waals surface area (Å²) in [5.74, 6) is -0.280. The summed E-state index contributed by atoms with van der Waals surface area (Å²) < 4.78 is 0. The van der Waals surface area contributed by atoms with Crippen molar-refractivity contribution in [3.05, 3.63) is 28.8 Å². The lowest BCUT2D eigenvalue weighted by atomic mass is 10.2. The number of nitrogens with one attached hydrogen (secondary N) is 1. The fraction of sp³-hybridized carbons (Fsp3) is 0.417. The zero-order valence-electron chi connectivity index (χ0n) is 9.54. The van der Waals surface area contributed by atoms with Gasteiger partial charge in [-0.3, -0.25) is 4.79 Å². The number of phenolic OH excluding ortho intramolecular Hbond substituents is 1. The number of carbonyl (C=O) groups excluding carboxylic acids is 1. The van der Waals surface area contributed by atoms with Crippen LogP contribution < -0.4 is 5.32 Å². The highest BCUT2D eigenvalue weighted by atomic mass is 35.5. The van der Waals surface area contributed by atoms with E-state index < -0.39 is 0 Å². The summed E-state index contributed by atoms with van der Waals surface area (Å²) in [4.78, 5) is 11.7. The SMILES string of the molecule is CCCC(Cl)CNC(=O)c1ccc(O)c(Cl)c1.